The average molecular weight is 284 g/mol. The van der Waals surface area contributed by atoms with Gasteiger partial charge in [0.1, 0.15) is 0 Å². The van der Waals surface area contributed by atoms with E-state index in [1.54, 1.807) is 16.4 Å². The Morgan fingerprint density at radius 2 is 2.33 bits per heavy atom. The maximum absolute atomic E-state index is 5.91. The van der Waals surface area contributed by atoms with E-state index in [1.165, 1.54) is 5.56 Å². The largest absolute Gasteiger partial charge is 0.312 e. The lowest BCUT2D eigenvalue weighted by atomic mass is 10.2. The van der Waals surface area contributed by atoms with Gasteiger partial charge < -0.3 is 5.32 Å². The van der Waals surface area contributed by atoms with Crippen LogP contribution in [0.1, 0.15) is 5.56 Å². The highest BCUT2D eigenvalue weighted by atomic mass is 35.5. The molecule has 0 saturated carbocycles. The fourth-order valence-corrected chi connectivity index (χ4v) is 2.40. The molecule has 1 aromatic carbocycles. The Morgan fingerprint density at radius 3 is 3.06 bits per heavy atom. The van der Waals surface area contributed by atoms with Gasteiger partial charge in [0, 0.05) is 30.9 Å². The van der Waals surface area contributed by atoms with Gasteiger partial charge in [-0.2, -0.15) is 0 Å². The highest BCUT2D eigenvalue weighted by Crippen LogP contribution is 2.12. The predicted octanol–water partition coefficient (Wildman–Crippen LogP) is 1.75. The van der Waals surface area contributed by atoms with Crippen LogP contribution >= 0.6 is 23.4 Å². The van der Waals surface area contributed by atoms with Crippen molar-refractivity contribution < 1.29 is 0 Å². The average Bonchev–Trinajstić information content (AvgIpc) is 2.75. The predicted molar refractivity (Wildman–Crippen MR) is 72.7 cm³/mol. The maximum Gasteiger partial charge on any atom is 0.209 e. The maximum atomic E-state index is 5.91. The Morgan fingerprint density at radius 1 is 1.44 bits per heavy atom. The molecule has 0 atom stereocenters. The van der Waals surface area contributed by atoms with E-state index < -0.39 is 0 Å². The monoisotopic (exact) mass is 283 g/mol. The molecule has 0 aliphatic heterocycles. The molecule has 1 aromatic heterocycles. The van der Waals surface area contributed by atoms with Crippen LogP contribution in [0.4, 0.5) is 0 Å². The normalized spacial score (nSPS) is 10.8. The van der Waals surface area contributed by atoms with Gasteiger partial charge in [0.2, 0.25) is 5.16 Å². The van der Waals surface area contributed by atoms with E-state index in [-0.39, 0.29) is 0 Å². The van der Waals surface area contributed by atoms with Crippen molar-refractivity contribution in [3.05, 3.63) is 34.9 Å². The molecule has 0 aliphatic carbocycles. The van der Waals surface area contributed by atoms with E-state index in [1.807, 2.05) is 25.2 Å². The van der Waals surface area contributed by atoms with E-state index in [0.29, 0.717) is 0 Å². The molecule has 0 unspecified atom stereocenters. The van der Waals surface area contributed by atoms with Crippen molar-refractivity contribution in [2.45, 2.75) is 11.7 Å². The van der Waals surface area contributed by atoms with E-state index in [0.717, 1.165) is 29.0 Å². The van der Waals surface area contributed by atoms with E-state index in [9.17, 15) is 0 Å². The number of aryl methyl sites for hydroxylation is 1. The molecule has 0 radical (unpaired) electrons. The molecular weight excluding hydrogens is 270 g/mol. The first-order valence-corrected chi connectivity index (χ1v) is 6.92. The number of thioether (sulfide) groups is 1. The zero-order valence-corrected chi connectivity index (χ0v) is 11.6. The topological polar surface area (TPSA) is 55.6 Å². The van der Waals surface area contributed by atoms with Crippen LogP contribution in [0.2, 0.25) is 5.02 Å². The summed E-state index contributed by atoms with van der Waals surface area (Å²) in [4.78, 5) is 0. The molecule has 0 spiro atoms. The molecule has 1 heterocycles. The number of hydrogen-bond acceptors (Lipinski definition) is 5. The quantitative estimate of drug-likeness (QED) is 0.646. The number of nitrogens with one attached hydrogen (secondary N) is 1. The zero-order chi connectivity index (χ0) is 12.8. The van der Waals surface area contributed by atoms with Gasteiger partial charge in [-0.25, -0.2) is 4.68 Å². The lowest BCUT2D eigenvalue weighted by molar-refractivity contribution is 0.663. The molecule has 0 saturated heterocycles. The number of aromatic nitrogens is 4. The van der Waals surface area contributed by atoms with Gasteiger partial charge in [-0.1, -0.05) is 35.5 Å². The molecule has 5 nitrogen and oxygen atoms in total. The van der Waals surface area contributed by atoms with Crippen molar-refractivity contribution in [1.82, 2.24) is 25.5 Å². The Balaban J connectivity index is 1.66. The fraction of sp³-hybridized carbons (Fsp3) is 0.364. The lowest BCUT2D eigenvalue weighted by Gasteiger charge is -2.04. The minimum absolute atomic E-state index is 0.772. The standard InChI is InChI=1S/C11H14ClN5S/c1-17-11(14-15-16-17)18-6-5-13-8-9-3-2-4-10(12)7-9/h2-4,7,13H,5-6,8H2,1H3. The van der Waals surface area contributed by atoms with E-state index in [4.69, 9.17) is 11.6 Å². The second-order valence-electron chi connectivity index (χ2n) is 3.74. The SMILES string of the molecule is Cn1nnnc1SCCNCc1cccc(Cl)c1. The summed E-state index contributed by atoms with van der Waals surface area (Å²) in [7, 11) is 1.84. The van der Waals surface area contributed by atoms with Crippen LogP contribution < -0.4 is 5.32 Å². The molecule has 0 fully saturated rings. The second kappa shape index (κ2) is 6.72. The number of tetrazole rings is 1. The molecule has 0 amide bonds. The van der Waals surface area contributed by atoms with Crippen molar-refractivity contribution in [2.75, 3.05) is 12.3 Å². The van der Waals surface area contributed by atoms with Crippen molar-refractivity contribution in [3.8, 4) is 0 Å². The summed E-state index contributed by atoms with van der Waals surface area (Å²) in [5, 5.41) is 16.2. The Kier molecular flexibility index (Phi) is 4.98. The highest BCUT2D eigenvalue weighted by molar-refractivity contribution is 7.99. The van der Waals surface area contributed by atoms with Crippen LogP contribution in [-0.2, 0) is 13.6 Å². The molecule has 0 aliphatic rings. The van der Waals surface area contributed by atoms with Crippen molar-refractivity contribution in [3.63, 3.8) is 0 Å². The third-order valence-electron chi connectivity index (χ3n) is 2.31. The number of nitrogens with zero attached hydrogens (tertiary/aromatic N) is 4. The summed E-state index contributed by atoms with van der Waals surface area (Å²) >= 11 is 7.54. The molecule has 96 valence electrons. The molecule has 1 N–H and O–H groups in total. The minimum Gasteiger partial charge on any atom is -0.312 e. The van der Waals surface area contributed by atoms with E-state index >= 15 is 0 Å². The van der Waals surface area contributed by atoms with Crippen LogP contribution in [0.15, 0.2) is 29.4 Å². The van der Waals surface area contributed by atoms with Gasteiger partial charge >= 0.3 is 0 Å². The van der Waals surface area contributed by atoms with Crippen molar-refractivity contribution in [1.29, 1.82) is 0 Å². The third kappa shape index (κ3) is 3.97. The Bertz CT molecular complexity index is 502. The summed E-state index contributed by atoms with van der Waals surface area (Å²) in [5.41, 5.74) is 1.19. The molecule has 7 heteroatoms. The zero-order valence-electron chi connectivity index (χ0n) is 10.0. The van der Waals surface area contributed by atoms with Gasteiger partial charge in [0.05, 0.1) is 0 Å². The van der Waals surface area contributed by atoms with Gasteiger partial charge in [-0.15, -0.1) is 5.10 Å². The Hall–Kier alpha value is -1.11. The number of benzene rings is 1. The van der Waals surface area contributed by atoms with Gasteiger partial charge in [-0.05, 0) is 28.1 Å². The summed E-state index contributed by atoms with van der Waals surface area (Å²) in [6, 6.07) is 7.86. The van der Waals surface area contributed by atoms with Crippen molar-refractivity contribution in [2.24, 2.45) is 7.05 Å². The summed E-state index contributed by atoms with van der Waals surface area (Å²) in [6.45, 7) is 1.71. The van der Waals surface area contributed by atoms with Crippen LogP contribution in [0, 0.1) is 0 Å². The fourth-order valence-electron chi connectivity index (χ4n) is 1.44. The van der Waals surface area contributed by atoms with Gasteiger partial charge in [-0.3, -0.25) is 0 Å². The molecule has 18 heavy (non-hydrogen) atoms. The Labute approximate surface area is 115 Å². The first-order valence-electron chi connectivity index (χ1n) is 5.56. The number of hydrogen-bond donors (Lipinski definition) is 1. The van der Waals surface area contributed by atoms with Crippen molar-refractivity contribution >= 4 is 23.4 Å². The highest BCUT2D eigenvalue weighted by Gasteiger charge is 2.01. The van der Waals surface area contributed by atoms with Crippen LogP contribution in [0.5, 0.6) is 0 Å². The van der Waals surface area contributed by atoms with Gasteiger partial charge in [0.25, 0.3) is 0 Å². The summed E-state index contributed by atoms with van der Waals surface area (Å²) in [5.74, 6) is 0.925. The van der Waals surface area contributed by atoms with Crippen LogP contribution in [-0.4, -0.2) is 32.5 Å². The number of halogens is 1. The lowest BCUT2D eigenvalue weighted by Crippen LogP contribution is -2.16. The minimum atomic E-state index is 0.772. The first-order chi connectivity index (χ1) is 8.75. The second-order valence-corrected chi connectivity index (χ2v) is 5.24. The molecule has 2 rings (SSSR count). The summed E-state index contributed by atoms with van der Waals surface area (Å²) in [6.07, 6.45) is 0. The van der Waals surface area contributed by atoms with Crippen LogP contribution in [0.25, 0.3) is 0 Å². The molecule has 0 bridgehead atoms. The van der Waals surface area contributed by atoms with E-state index in [2.05, 4.69) is 26.9 Å². The first kappa shape index (κ1) is 13.3. The van der Waals surface area contributed by atoms with Gasteiger partial charge in [0.15, 0.2) is 0 Å². The van der Waals surface area contributed by atoms with Crippen LogP contribution in [0.3, 0.4) is 0 Å². The molecular formula is C11H14ClN5S. The summed E-state index contributed by atoms with van der Waals surface area (Å²) < 4.78 is 1.67. The third-order valence-corrected chi connectivity index (χ3v) is 3.56. The smallest absolute Gasteiger partial charge is 0.209 e. The molecule has 2 aromatic rings. The number of rotatable bonds is 6.